The molecule has 0 fully saturated rings. The first-order chi connectivity index (χ1) is 7.13. The zero-order valence-corrected chi connectivity index (χ0v) is 10.4. The fourth-order valence-electron chi connectivity index (χ4n) is 1.08. The summed E-state index contributed by atoms with van der Waals surface area (Å²) < 4.78 is 5.16. The summed E-state index contributed by atoms with van der Waals surface area (Å²) in [7, 11) is 1.68. The van der Waals surface area contributed by atoms with Crippen molar-refractivity contribution in [2.24, 2.45) is 11.7 Å². The van der Waals surface area contributed by atoms with Crippen molar-refractivity contribution in [1.29, 1.82) is 0 Å². The molecule has 0 aromatic heterocycles. The highest BCUT2D eigenvalue weighted by molar-refractivity contribution is 7.99. The lowest BCUT2D eigenvalue weighted by molar-refractivity contribution is 0.413. The van der Waals surface area contributed by atoms with E-state index in [9.17, 15) is 0 Å². The van der Waals surface area contributed by atoms with Gasteiger partial charge in [-0.25, -0.2) is 0 Å². The standard InChI is InChI=1S/C12H19NOS/c1-9(2)12(13)8-15-11-6-4-5-10(7-11)14-3/h4-7,9,12H,8,13H2,1-3H3. The zero-order valence-electron chi connectivity index (χ0n) is 9.57. The second-order valence-electron chi connectivity index (χ2n) is 3.90. The lowest BCUT2D eigenvalue weighted by Crippen LogP contribution is -2.28. The van der Waals surface area contributed by atoms with E-state index in [1.54, 1.807) is 18.9 Å². The van der Waals surface area contributed by atoms with Gasteiger partial charge in [-0.3, -0.25) is 0 Å². The summed E-state index contributed by atoms with van der Waals surface area (Å²) in [6.45, 7) is 4.30. The maximum atomic E-state index is 5.98. The molecule has 0 radical (unpaired) electrons. The van der Waals surface area contributed by atoms with Crippen molar-refractivity contribution in [2.75, 3.05) is 12.9 Å². The summed E-state index contributed by atoms with van der Waals surface area (Å²) in [5, 5.41) is 0. The lowest BCUT2D eigenvalue weighted by Gasteiger charge is -2.14. The van der Waals surface area contributed by atoms with Crippen molar-refractivity contribution in [3.05, 3.63) is 24.3 Å². The third kappa shape index (κ3) is 4.14. The molecule has 0 bridgehead atoms. The Balaban J connectivity index is 2.50. The smallest absolute Gasteiger partial charge is 0.119 e. The highest BCUT2D eigenvalue weighted by Crippen LogP contribution is 2.23. The Morgan fingerprint density at radius 3 is 2.73 bits per heavy atom. The van der Waals surface area contributed by atoms with Crippen LogP contribution in [0.3, 0.4) is 0 Å². The quantitative estimate of drug-likeness (QED) is 0.783. The van der Waals surface area contributed by atoms with Crippen LogP contribution in [0, 0.1) is 5.92 Å². The molecule has 0 saturated heterocycles. The number of ether oxygens (including phenoxy) is 1. The van der Waals surface area contributed by atoms with Crippen LogP contribution in [0.5, 0.6) is 5.75 Å². The molecular formula is C12H19NOS. The van der Waals surface area contributed by atoms with E-state index in [1.165, 1.54) is 4.90 Å². The van der Waals surface area contributed by atoms with Gasteiger partial charge in [-0.2, -0.15) is 0 Å². The summed E-state index contributed by atoms with van der Waals surface area (Å²) in [5.41, 5.74) is 5.98. The van der Waals surface area contributed by atoms with E-state index in [4.69, 9.17) is 10.5 Å². The molecule has 1 aromatic carbocycles. The van der Waals surface area contributed by atoms with Gasteiger partial charge in [0.25, 0.3) is 0 Å². The molecule has 0 spiro atoms. The molecule has 0 amide bonds. The van der Waals surface area contributed by atoms with Gasteiger partial charge in [0.15, 0.2) is 0 Å². The molecule has 3 heteroatoms. The van der Waals surface area contributed by atoms with Crippen molar-refractivity contribution in [3.8, 4) is 5.75 Å². The van der Waals surface area contributed by atoms with E-state index in [2.05, 4.69) is 19.9 Å². The Bertz CT molecular complexity index is 301. The van der Waals surface area contributed by atoms with Gasteiger partial charge in [-0.05, 0) is 24.1 Å². The number of methoxy groups -OCH3 is 1. The number of thioether (sulfide) groups is 1. The molecule has 0 heterocycles. The van der Waals surface area contributed by atoms with Crippen molar-refractivity contribution in [2.45, 2.75) is 24.8 Å². The van der Waals surface area contributed by atoms with Crippen molar-refractivity contribution < 1.29 is 4.74 Å². The third-order valence-corrected chi connectivity index (χ3v) is 3.48. The molecule has 1 atom stereocenters. The minimum Gasteiger partial charge on any atom is -0.497 e. The minimum absolute atomic E-state index is 0.251. The molecule has 0 aliphatic rings. The second-order valence-corrected chi connectivity index (χ2v) is 4.99. The highest BCUT2D eigenvalue weighted by atomic mass is 32.2. The largest absolute Gasteiger partial charge is 0.497 e. The first-order valence-electron chi connectivity index (χ1n) is 5.16. The van der Waals surface area contributed by atoms with Crippen LogP contribution in [0.2, 0.25) is 0 Å². The Labute approximate surface area is 96.2 Å². The number of benzene rings is 1. The maximum absolute atomic E-state index is 5.98. The summed E-state index contributed by atoms with van der Waals surface area (Å²) in [6.07, 6.45) is 0. The van der Waals surface area contributed by atoms with Crippen LogP contribution in [0.25, 0.3) is 0 Å². The highest BCUT2D eigenvalue weighted by Gasteiger charge is 2.07. The van der Waals surface area contributed by atoms with Gasteiger partial charge in [0, 0.05) is 16.7 Å². The van der Waals surface area contributed by atoms with E-state index in [1.807, 2.05) is 18.2 Å². The summed E-state index contributed by atoms with van der Waals surface area (Å²) >= 11 is 1.78. The molecule has 1 unspecified atom stereocenters. The topological polar surface area (TPSA) is 35.2 Å². The summed E-state index contributed by atoms with van der Waals surface area (Å²) in [6, 6.07) is 8.33. The monoisotopic (exact) mass is 225 g/mol. The third-order valence-electron chi connectivity index (χ3n) is 2.34. The Kier molecular flexibility index (Phi) is 4.99. The van der Waals surface area contributed by atoms with Gasteiger partial charge >= 0.3 is 0 Å². The van der Waals surface area contributed by atoms with E-state index in [-0.39, 0.29) is 6.04 Å². The van der Waals surface area contributed by atoms with Crippen LogP contribution >= 0.6 is 11.8 Å². The van der Waals surface area contributed by atoms with Crippen LogP contribution in [0.15, 0.2) is 29.2 Å². The molecule has 1 aromatic rings. The molecule has 1 rings (SSSR count). The molecular weight excluding hydrogens is 206 g/mol. The van der Waals surface area contributed by atoms with Gasteiger partial charge in [0.05, 0.1) is 7.11 Å². The van der Waals surface area contributed by atoms with Crippen LogP contribution in [0.1, 0.15) is 13.8 Å². The summed E-state index contributed by atoms with van der Waals surface area (Å²) in [5.74, 6) is 2.38. The molecule has 2 nitrogen and oxygen atoms in total. The van der Waals surface area contributed by atoms with Gasteiger partial charge in [0.2, 0.25) is 0 Å². The molecule has 0 saturated carbocycles. The fraction of sp³-hybridized carbons (Fsp3) is 0.500. The van der Waals surface area contributed by atoms with Crippen LogP contribution < -0.4 is 10.5 Å². The van der Waals surface area contributed by atoms with E-state index in [0.717, 1.165) is 11.5 Å². The number of nitrogens with two attached hydrogens (primary N) is 1. The first-order valence-corrected chi connectivity index (χ1v) is 6.14. The van der Waals surface area contributed by atoms with Crippen molar-refractivity contribution >= 4 is 11.8 Å². The van der Waals surface area contributed by atoms with Gasteiger partial charge in [0.1, 0.15) is 5.75 Å². The predicted octanol–water partition coefficient (Wildman–Crippen LogP) is 2.77. The average molecular weight is 225 g/mol. The van der Waals surface area contributed by atoms with Crippen LogP contribution in [-0.4, -0.2) is 18.9 Å². The maximum Gasteiger partial charge on any atom is 0.119 e. The number of rotatable bonds is 5. The Hall–Kier alpha value is -0.670. The minimum atomic E-state index is 0.251. The predicted molar refractivity (Wildman–Crippen MR) is 66.5 cm³/mol. The number of hydrogen-bond donors (Lipinski definition) is 1. The van der Waals surface area contributed by atoms with Gasteiger partial charge in [-0.15, -0.1) is 11.8 Å². The zero-order chi connectivity index (χ0) is 11.3. The molecule has 15 heavy (non-hydrogen) atoms. The SMILES string of the molecule is COc1cccc(SCC(N)C(C)C)c1. The van der Waals surface area contributed by atoms with Crippen LogP contribution in [0.4, 0.5) is 0 Å². The second kappa shape index (κ2) is 6.03. The fourth-order valence-corrected chi connectivity index (χ4v) is 2.22. The van der Waals surface area contributed by atoms with Crippen molar-refractivity contribution in [3.63, 3.8) is 0 Å². The molecule has 0 aliphatic carbocycles. The molecule has 0 aliphatic heterocycles. The van der Waals surface area contributed by atoms with Gasteiger partial charge in [-0.1, -0.05) is 19.9 Å². The van der Waals surface area contributed by atoms with Crippen molar-refractivity contribution in [1.82, 2.24) is 0 Å². The average Bonchev–Trinajstić information content (AvgIpc) is 2.26. The van der Waals surface area contributed by atoms with E-state index in [0.29, 0.717) is 5.92 Å². The normalized spacial score (nSPS) is 12.9. The van der Waals surface area contributed by atoms with E-state index >= 15 is 0 Å². The molecule has 2 N–H and O–H groups in total. The summed E-state index contributed by atoms with van der Waals surface area (Å²) in [4.78, 5) is 1.21. The van der Waals surface area contributed by atoms with E-state index < -0.39 is 0 Å². The first kappa shape index (κ1) is 12.4. The van der Waals surface area contributed by atoms with Gasteiger partial charge < -0.3 is 10.5 Å². The Morgan fingerprint density at radius 1 is 1.40 bits per heavy atom. The molecule has 84 valence electrons. The van der Waals surface area contributed by atoms with Crippen LogP contribution in [-0.2, 0) is 0 Å². The number of hydrogen-bond acceptors (Lipinski definition) is 3. The lowest BCUT2D eigenvalue weighted by atomic mass is 10.1. The Morgan fingerprint density at radius 2 is 2.13 bits per heavy atom.